The van der Waals surface area contributed by atoms with Crippen LogP contribution in [0.4, 0.5) is 0 Å². The van der Waals surface area contributed by atoms with Crippen molar-refractivity contribution in [3.8, 4) is 5.75 Å². The fourth-order valence-corrected chi connectivity index (χ4v) is 3.22. The molecule has 1 aliphatic rings. The average molecular weight is 376 g/mol. The molecule has 2 aromatic carbocycles. The monoisotopic (exact) mass is 375 g/mol. The summed E-state index contributed by atoms with van der Waals surface area (Å²) in [7, 11) is 0. The molecule has 0 radical (unpaired) electrons. The lowest BCUT2D eigenvalue weighted by atomic mass is 10.2. The van der Waals surface area contributed by atoms with Gasteiger partial charge in [0.25, 0.3) is 0 Å². The highest BCUT2D eigenvalue weighted by Crippen LogP contribution is 2.24. The normalized spacial score (nSPS) is 14.1. The van der Waals surface area contributed by atoms with Gasteiger partial charge in [-0.25, -0.2) is 0 Å². The van der Waals surface area contributed by atoms with E-state index in [0.29, 0.717) is 6.61 Å². The zero-order valence-corrected chi connectivity index (χ0v) is 14.7. The van der Waals surface area contributed by atoms with Gasteiger partial charge in [-0.1, -0.05) is 52.4 Å². The van der Waals surface area contributed by atoms with Crippen LogP contribution in [0.3, 0.4) is 0 Å². The molecule has 22 heavy (non-hydrogen) atoms. The number of rotatable bonds is 4. The Hall–Kier alpha value is -1.39. The highest BCUT2D eigenvalue weighted by molar-refractivity contribution is 9.10. The minimum Gasteiger partial charge on any atom is -0.488 e. The van der Waals surface area contributed by atoms with Gasteiger partial charge in [-0.15, -0.1) is 0 Å². The molecule has 2 aromatic rings. The smallest absolute Gasteiger partial charge is 0.130 e. The van der Waals surface area contributed by atoms with E-state index in [4.69, 9.17) is 17.0 Å². The van der Waals surface area contributed by atoms with Gasteiger partial charge in [0.2, 0.25) is 0 Å². The largest absolute Gasteiger partial charge is 0.488 e. The van der Waals surface area contributed by atoms with E-state index in [1.807, 2.05) is 30.3 Å². The first-order valence-electron chi connectivity index (χ1n) is 7.49. The van der Waals surface area contributed by atoms with Crippen LogP contribution < -0.4 is 4.74 Å². The molecule has 3 rings (SSSR count). The number of likely N-dealkylation sites (tertiary alicyclic amines) is 1. The molecule has 0 N–H and O–H groups in total. The van der Waals surface area contributed by atoms with Crippen molar-refractivity contribution in [1.29, 1.82) is 0 Å². The molecule has 1 fully saturated rings. The predicted octanol–water partition coefficient (Wildman–Crippen LogP) is 4.80. The SMILES string of the molecule is S=C(c1ccccc1OCc1ccc(Br)cc1)N1CCCC1. The second-order valence-corrected chi connectivity index (χ2v) is 6.71. The zero-order valence-electron chi connectivity index (χ0n) is 12.3. The Morgan fingerprint density at radius 3 is 2.45 bits per heavy atom. The van der Waals surface area contributed by atoms with Crippen LogP contribution in [-0.4, -0.2) is 23.0 Å². The van der Waals surface area contributed by atoms with Crippen LogP contribution >= 0.6 is 28.1 Å². The molecule has 1 heterocycles. The van der Waals surface area contributed by atoms with Gasteiger partial charge in [0.15, 0.2) is 0 Å². The van der Waals surface area contributed by atoms with Crippen molar-refractivity contribution in [3.05, 3.63) is 64.1 Å². The lowest BCUT2D eigenvalue weighted by Crippen LogP contribution is -2.27. The number of nitrogens with zero attached hydrogens (tertiary/aromatic N) is 1. The van der Waals surface area contributed by atoms with Crippen molar-refractivity contribution >= 4 is 33.1 Å². The van der Waals surface area contributed by atoms with Crippen molar-refractivity contribution in [3.63, 3.8) is 0 Å². The summed E-state index contributed by atoms with van der Waals surface area (Å²) < 4.78 is 7.09. The number of ether oxygens (including phenoxy) is 1. The fourth-order valence-electron chi connectivity index (χ4n) is 2.60. The molecule has 0 atom stereocenters. The molecule has 0 amide bonds. The number of hydrogen-bond acceptors (Lipinski definition) is 2. The van der Waals surface area contributed by atoms with Crippen LogP contribution in [0.15, 0.2) is 53.0 Å². The predicted molar refractivity (Wildman–Crippen MR) is 97.4 cm³/mol. The number of hydrogen-bond donors (Lipinski definition) is 0. The Morgan fingerprint density at radius 1 is 1.05 bits per heavy atom. The molecule has 114 valence electrons. The van der Waals surface area contributed by atoms with Crippen molar-refractivity contribution in [1.82, 2.24) is 4.90 Å². The molecule has 1 saturated heterocycles. The van der Waals surface area contributed by atoms with E-state index in [0.717, 1.165) is 39.4 Å². The molecular weight excluding hydrogens is 358 g/mol. The van der Waals surface area contributed by atoms with Gasteiger partial charge in [0, 0.05) is 17.6 Å². The first-order valence-corrected chi connectivity index (χ1v) is 8.70. The Balaban J connectivity index is 1.73. The highest BCUT2D eigenvalue weighted by atomic mass is 79.9. The van der Waals surface area contributed by atoms with Gasteiger partial charge in [-0.05, 0) is 42.7 Å². The van der Waals surface area contributed by atoms with Gasteiger partial charge in [-0.3, -0.25) is 0 Å². The van der Waals surface area contributed by atoms with Gasteiger partial charge < -0.3 is 9.64 Å². The summed E-state index contributed by atoms with van der Waals surface area (Å²) in [5, 5.41) is 0. The van der Waals surface area contributed by atoms with E-state index in [1.165, 1.54) is 12.8 Å². The first kappa shape index (κ1) is 15.5. The number of halogens is 1. The molecule has 0 saturated carbocycles. The molecule has 0 unspecified atom stereocenters. The molecule has 4 heteroatoms. The molecule has 0 aliphatic carbocycles. The molecule has 0 bridgehead atoms. The maximum atomic E-state index is 6.01. The van der Waals surface area contributed by atoms with E-state index < -0.39 is 0 Å². The van der Waals surface area contributed by atoms with E-state index in [1.54, 1.807) is 0 Å². The summed E-state index contributed by atoms with van der Waals surface area (Å²) in [6, 6.07) is 16.2. The van der Waals surface area contributed by atoms with Crippen molar-refractivity contribution in [2.24, 2.45) is 0 Å². The molecule has 2 nitrogen and oxygen atoms in total. The number of para-hydroxylation sites is 1. The van der Waals surface area contributed by atoms with Crippen molar-refractivity contribution in [2.75, 3.05) is 13.1 Å². The minimum absolute atomic E-state index is 0.549. The summed E-state index contributed by atoms with van der Waals surface area (Å²) >= 11 is 9.10. The summed E-state index contributed by atoms with van der Waals surface area (Å²) in [4.78, 5) is 3.18. The van der Waals surface area contributed by atoms with Crippen molar-refractivity contribution in [2.45, 2.75) is 19.4 Å². The van der Waals surface area contributed by atoms with Crippen LogP contribution in [-0.2, 0) is 6.61 Å². The van der Waals surface area contributed by atoms with Gasteiger partial charge >= 0.3 is 0 Å². The lowest BCUT2D eigenvalue weighted by Gasteiger charge is -2.20. The van der Waals surface area contributed by atoms with Gasteiger partial charge in [0.1, 0.15) is 17.3 Å². The van der Waals surface area contributed by atoms with Gasteiger partial charge in [-0.2, -0.15) is 0 Å². The quantitative estimate of drug-likeness (QED) is 0.712. The zero-order chi connectivity index (χ0) is 15.4. The van der Waals surface area contributed by atoms with Crippen LogP contribution in [0.2, 0.25) is 0 Å². The lowest BCUT2D eigenvalue weighted by molar-refractivity contribution is 0.305. The molecule has 0 aromatic heterocycles. The summed E-state index contributed by atoms with van der Waals surface area (Å²) in [6.45, 7) is 2.66. The third-order valence-corrected chi connectivity index (χ3v) is 4.83. The van der Waals surface area contributed by atoms with E-state index in [2.05, 4.69) is 39.0 Å². The summed E-state index contributed by atoms with van der Waals surface area (Å²) in [6.07, 6.45) is 2.45. The van der Waals surface area contributed by atoms with Crippen LogP contribution in [0.5, 0.6) is 5.75 Å². The minimum atomic E-state index is 0.549. The standard InChI is InChI=1S/C18H18BrNOS/c19-15-9-7-14(8-10-15)13-21-17-6-2-1-5-16(17)18(22)20-11-3-4-12-20/h1-2,5-10H,3-4,11-13H2. The highest BCUT2D eigenvalue weighted by Gasteiger charge is 2.18. The number of benzene rings is 2. The van der Waals surface area contributed by atoms with E-state index in [-0.39, 0.29) is 0 Å². The first-order chi connectivity index (χ1) is 10.7. The second kappa shape index (κ2) is 7.25. The Kier molecular flexibility index (Phi) is 5.11. The summed E-state index contributed by atoms with van der Waals surface area (Å²) in [5.41, 5.74) is 2.17. The Morgan fingerprint density at radius 2 is 1.73 bits per heavy atom. The summed E-state index contributed by atoms with van der Waals surface area (Å²) in [5.74, 6) is 0.863. The Bertz CT molecular complexity index is 650. The topological polar surface area (TPSA) is 12.5 Å². The number of thiocarbonyl (C=S) groups is 1. The maximum Gasteiger partial charge on any atom is 0.130 e. The average Bonchev–Trinajstić information content (AvgIpc) is 3.08. The third-order valence-electron chi connectivity index (χ3n) is 3.82. The third kappa shape index (κ3) is 3.68. The maximum absolute atomic E-state index is 6.01. The van der Waals surface area contributed by atoms with Crippen LogP contribution in [0, 0.1) is 0 Å². The Labute approximate surface area is 145 Å². The van der Waals surface area contributed by atoms with Gasteiger partial charge in [0.05, 0.1) is 5.56 Å². The van der Waals surface area contributed by atoms with Crippen LogP contribution in [0.1, 0.15) is 24.0 Å². The van der Waals surface area contributed by atoms with Crippen molar-refractivity contribution < 1.29 is 4.74 Å². The molecule has 1 aliphatic heterocycles. The second-order valence-electron chi connectivity index (χ2n) is 5.41. The van der Waals surface area contributed by atoms with E-state index in [9.17, 15) is 0 Å². The van der Waals surface area contributed by atoms with E-state index >= 15 is 0 Å². The molecule has 0 spiro atoms. The van der Waals surface area contributed by atoms with Crippen LogP contribution in [0.25, 0.3) is 0 Å². The molecular formula is C18H18BrNOS. The fraction of sp³-hybridized carbons (Fsp3) is 0.278.